The number of benzene rings is 1. The van der Waals surface area contributed by atoms with Crippen molar-refractivity contribution in [2.45, 2.75) is 32.0 Å². The van der Waals surface area contributed by atoms with Crippen LogP contribution in [-0.4, -0.2) is 31.5 Å². The van der Waals surface area contributed by atoms with Gasteiger partial charge in [0.15, 0.2) is 11.0 Å². The molecule has 0 aromatic heterocycles. The van der Waals surface area contributed by atoms with Crippen LogP contribution in [0.3, 0.4) is 0 Å². The zero-order valence-corrected chi connectivity index (χ0v) is 20.2. The van der Waals surface area contributed by atoms with Crippen molar-refractivity contribution in [2.75, 3.05) is 0 Å². The maximum Gasteiger partial charge on any atom is 0.508 e. The molecule has 1 aliphatic carbocycles. The second-order valence-electron chi connectivity index (χ2n) is 6.96. The Bertz CT molecular complexity index is 858. The quantitative estimate of drug-likeness (QED) is 0.193. The van der Waals surface area contributed by atoms with Crippen LogP contribution in [0.4, 0.5) is 0 Å². The molecule has 0 aliphatic heterocycles. The smallest absolute Gasteiger partial charge is 0.280 e. The molecular formula is C18H22Cl4N4O6. The molecule has 178 valence electrons. The molecule has 0 spiro atoms. The number of rotatable bonds is 4. The highest BCUT2D eigenvalue weighted by Crippen LogP contribution is 2.38. The van der Waals surface area contributed by atoms with Crippen LogP contribution in [0, 0.1) is 26.1 Å². The fourth-order valence-corrected chi connectivity index (χ4v) is 2.61. The minimum Gasteiger partial charge on any atom is -0.280 e. The van der Waals surface area contributed by atoms with Gasteiger partial charge >= 0.3 is 5.66 Å². The van der Waals surface area contributed by atoms with Gasteiger partial charge in [-0.25, -0.2) is 0 Å². The molecule has 1 aromatic rings. The van der Waals surface area contributed by atoms with Crippen LogP contribution in [0.15, 0.2) is 53.6 Å². The first-order chi connectivity index (χ1) is 14.2. The number of nitrogens with one attached hydrogen (secondary N) is 1. The number of allylic oxidation sites excluding steroid dienone is 2. The summed E-state index contributed by atoms with van der Waals surface area (Å²) in [4.78, 5) is 40.6. The first-order valence-corrected chi connectivity index (χ1v) is 9.60. The molecule has 0 fully saturated rings. The lowest BCUT2D eigenvalue weighted by Crippen LogP contribution is -2.55. The number of hydrogen-bond donors (Lipinski definition) is 2. The highest BCUT2D eigenvalue weighted by Gasteiger charge is 2.68. The van der Waals surface area contributed by atoms with Gasteiger partial charge in [-0.2, -0.15) is 0 Å². The van der Waals surface area contributed by atoms with Gasteiger partial charge in [-0.1, -0.05) is 54.1 Å². The van der Waals surface area contributed by atoms with E-state index in [4.69, 9.17) is 40.6 Å². The average molecular weight is 532 g/mol. The Hall–Kier alpha value is -2.08. The minimum atomic E-state index is -2.92. The van der Waals surface area contributed by atoms with Crippen LogP contribution in [0.1, 0.15) is 31.1 Å². The van der Waals surface area contributed by atoms with Gasteiger partial charge in [-0.15, -0.1) is 12.4 Å². The standard InChI is InChI=1S/C7H4Cl2N2O5.C7H5ClO.C4H12N2.ClH/c8-5-3-1-2-4(6(9)12)7(5,10(13)14)11(15)16;8-7(9)6-4-2-1-3-5-6;1-4(2,3)6-5;/h1-4H;1-5H;6H,5H2,1-3H3;1H. The van der Waals surface area contributed by atoms with Crippen LogP contribution in [0.25, 0.3) is 0 Å². The molecule has 1 atom stereocenters. The van der Waals surface area contributed by atoms with E-state index in [2.05, 4.69) is 5.43 Å². The number of nitrogens with two attached hydrogens (primary N) is 1. The van der Waals surface area contributed by atoms with Crippen molar-refractivity contribution < 1.29 is 19.4 Å². The summed E-state index contributed by atoms with van der Waals surface area (Å²) in [5.41, 5.74) is 0.293. The highest BCUT2D eigenvalue weighted by atomic mass is 35.5. The van der Waals surface area contributed by atoms with Crippen LogP contribution in [0.2, 0.25) is 0 Å². The van der Waals surface area contributed by atoms with E-state index < -0.39 is 36.9 Å². The van der Waals surface area contributed by atoms with Crippen LogP contribution >= 0.6 is 47.2 Å². The lowest BCUT2D eigenvalue weighted by molar-refractivity contribution is -0.787. The number of carbonyl (C=O) groups excluding carboxylic acids is 2. The number of nitrogens with zero attached hydrogens (tertiary/aromatic N) is 2. The van der Waals surface area contributed by atoms with Gasteiger partial charge in [0.05, 0.1) is 0 Å². The molecule has 14 heteroatoms. The number of hydrogen-bond acceptors (Lipinski definition) is 8. The zero-order chi connectivity index (χ0) is 24.4. The molecule has 3 N–H and O–H groups in total. The van der Waals surface area contributed by atoms with Gasteiger partial charge in [0.2, 0.25) is 5.24 Å². The van der Waals surface area contributed by atoms with E-state index >= 15 is 0 Å². The van der Waals surface area contributed by atoms with E-state index in [1.807, 2.05) is 26.8 Å². The molecule has 0 amide bonds. The molecule has 10 nitrogen and oxygen atoms in total. The van der Waals surface area contributed by atoms with E-state index in [-0.39, 0.29) is 17.9 Å². The van der Waals surface area contributed by atoms with Crippen molar-refractivity contribution in [3.05, 3.63) is 79.4 Å². The van der Waals surface area contributed by atoms with Gasteiger partial charge in [0.1, 0.15) is 9.85 Å². The molecule has 1 aliphatic rings. The zero-order valence-electron chi connectivity index (χ0n) is 17.2. The van der Waals surface area contributed by atoms with Crippen molar-refractivity contribution in [1.82, 2.24) is 5.43 Å². The summed E-state index contributed by atoms with van der Waals surface area (Å²) in [5.74, 6) is 3.33. The van der Waals surface area contributed by atoms with E-state index in [1.165, 1.54) is 6.08 Å². The Morgan fingerprint density at radius 1 is 1.09 bits per heavy atom. The third-order valence-electron chi connectivity index (χ3n) is 3.57. The lowest BCUT2D eigenvalue weighted by atomic mass is 9.90. The summed E-state index contributed by atoms with van der Waals surface area (Å²) in [6.45, 7) is 6.02. The normalized spacial score (nSPS) is 16.0. The fraction of sp³-hybridized carbons (Fsp3) is 0.333. The largest absolute Gasteiger partial charge is 0.508 e. The van der Waals surface area contributed by atoms with E-state index in [9.17, 15) is 29.8 Å². The van der Waals surface area contributed by atoms with Crippen LogP contribution in [0.5, 0.6) is 0 Å². The molecule has 2 rings (SSSR count). The third kappa shape index (κ3) is 9.19. The van der Waals surface area contributed by atoms with Gasteiger partial charge in [0.25, 0.3) is 5.24 Å². The summed E-state index contributed by atoms with van der Waals surface area (Å²) in [6, 6.07) is 8.74. The summed E-state index contributed by atoms with van der Waals surface area (Å²) in [6.07, 6.45) is 3.18. The van der Waals surface area contributed by atoms with Crippen molar-refractivity contribution in [2.24, 2.45) is 11.8 Å². The van der Waals surface area contributed by atoms with E-state index in [0.29, 0.717) is 5.56 Å². The first kappa shape index (κ1) is 32.1. The minimum absolute atomic E-state index is 0. The molecule has 0 bridgehead atoms. The van der Waals surface area contributed by atoms with Crippen molar-refractivity contribution in [1.29, 1.82) is 0 Å². The molecule has 1 unspecified atom stereocenters. The van der Waals surface area contributed by atoms with Crippen molar-refractivity contribution >= 4 is 57.7 Å². The molecule has 0 saturated heterocycles. The second kappa shape index (κ2) is 14.1. The number of halogens is 4. The van der Waals surface area contributed by atoms with Gasteiger partial charge < -0.3 is 0 Å². The van der Waals surface area contributed by atoms with Crippen molar-refractivity contribution in [3.63, 3.8) is 0 Å². The Labute approximate surface area is 205 Å². The summed E-state index contributed by atoms with van der Waals surface area (Å²) < 4.78 is 0. The fourth-order valence-electron chi connectivity index (χ4n) is 1.93. The second-order valence-corrected chi connectivity index (χ2v) is 8.08. The first-order valence-electron chi connectivity index (χ1n) is 8.47. The summed E-state index contributed by atoms with van der Waals surface area (Å²) in [5, 5.41) is 19.4. The molecule has 32 heavy (non-hydrogen) atoms. The summed E-state index contributed by atoms with van der Waals surface area (Å²) in [7, 11) is 0. The summed E-state index contributed by atoms with van der Waals surface area (Å²) >= 11 is 15.8. The maximum absolute atomic E-state index is 11.0. The third-order valence-corrected chi connectivity index (χ3v) is 4.42. The Kier molecular flexibility index (Phi) is 14.2. The molecule has 0 radical (unpaired) electrons. The molecular weight excluding hydrogens is 510 g/mol. The number of hydrazine groups is 1. The van der Waals surface area contributed by atoms with Crippen molar-refractivity contribution in [3.8, 4) is 0 Å². The Morgan fingerprint density at radius 2 is 1.53 bits per heavy atom. The predicted octanol–water partition coefficient (Wildman–Crippen LogP) is 4.05. The highest BCUT2D eigenvalue weighted by molar-refractivity contribution is 6.67. The molecule has 0 saturated carbocycles. The van der Waals surface area contributed by atoms with Crippen LogP contribution in [-0.2, 0) is 4.79 Å². The topological polar surface area (TPSA) is 158 Å². The van der Waals surface area contributed by atoms with E-state index in [0.717, 1.165) is 12.2 Å². The lowest BCUT2D eigenvalue weighted by Gasteiger charge is -2.22. The monoisotopic (exact) mass is 530 g/mol. The molecule has 1 aromatic carbocycles. The Balaban J connectivity index is 0. The van der Waals surface area contributed by atoms with Gasteiger partial charge in [0, 0.05) is 11.1 Å². The van der Waals surface area contributed by atoms with Crippen LogP contribution < -0.4 is 11.3 Å². The SMILES string of the molecule is CC(C)(C)NN.Cl.O=C(Cl)C1C=CC=C(Cl)C1([N+](=O)[O-])[N+](=O)[O-].O=C(Cl)c1ccccc1. The number of nitro groups is 2. The maximum atomic E-state index is 11.0. The van der Waals surface area contributed by atoms with Gasteiger partial charge in [-0.05, 0) is 50.0 Å². The van der Waals surface area contributed by atoms with E-state index in [1.54, 1.807) is 24.3 Å². The number of carbonyl (C=O) groups is 2. The molecule has 0 heterocycles. The average Bonchev–Trinajstić information content (AvgIpc) is 2.68. The predicted molar refractivity (Wildman–Crippen MR) is 125 cm³/mol. The van der Waals surface area contributed by atoms with Gasteiger partial charge in [-0.3, -0.25) is 41.1 Å². The Morgan fingerprint density at radius 3 is 1.78 bits per heavy atom.